The molecule has 0 saturated heterocycles. The van der Waals surface area contributed by atoms with Crippen molar-refractivity contribution < 1.29 is 19.1 Å². The number of hydrogen-bond acceptors (Lipinski definition) is 4. The highest BCUT2D eigenvalue weighted by atomic mass is 16.5. The van der Waals surface area contributed by atoms with Crippen LogP contribution in [0.2, 0.25) is 0 Å². The first-order valence-corrected chi connectivity index (χ1v) is 14.9. The molecular weight excluding hydrogens is 424 g/mol. The lowest BCUT2D eigenvalue weighted by atomic mass is 10.1. The minimum atomic E-state index is -0.0451. The summed E-state index contributed by atoms with van der Waals surface area (Å²) in [7, 11) is 0. The van der Waals surface area contributed by atoms with Gasteiger partial charge in [0.15, 0.2) is 0 Å². The van der Waals surface area contributed by atoms with Gasteiger partial charge in [0.2, 0.25) is 0 Å². The van der Waals surface area contributed by atoms with Crippen LogP contribution in [0.1, 0.15) is 169 Å². The van der Waals surface area contributed by atoms with E-state index in [0.717, 1.165) is 64.2 Å². The zero-order valence-corrected chi connectivity index (χ0v) is 23.3. The van der Waals surface area contributed by atoms with Gasteiger partial charge in [0, 0.05) is 12.8 Å². The highest BCUT2D eigenvalue weighted by Crippen LogP contribution is 2.14. The fourth-order valence-corrected chi connectivity index (χ4v) is 4.35. The Kier molecular flexibility index (Phi) is 24.3. The summed E-state index contributed by atoms with van der Waals surface area (Å²) in [5, 5.41) is 0. The van der Waals surface area contributed by atoms with Crippen molar-refractivity contribution >= 4 is 11.9 Å². The molecule has 0 amide bonds. The molecule has 0 aromatic rings. The van der Waals surface area contributed by atoms with Crippen LogP contribution in [0.3, 0.4) is 0 Å². The molecule has 4 heteroatoms. The van der Waals surface area contributed by atoms with Crippen molar-refractivity contribution in [1.82, 2.24) is 0 Å². The third kappa shape index (κ3) is 24.1. The maximum absolute atomic E-state index is 12.0. The van der Waals surface area contributed by atoms with Gasteiger partial charge in [-0.15, -0.1) is 0 Å². The minimum absolute atomic E-state index is 0.0451. The van der Waals surface area contributed by atoms with Gasteiger partial charge >= 0.3 is 11.9 Å². The Bertz CT molecular complexity index is 421. The Balaban J connectivity index is 3.48. The molecule has 2 unspecified atom stereocenters. The zero-order valence-electron chi connectivity index (χ0n) is 23.3. The Morgan fingerprint density at radius 1 is 0.471 bits per heavy atom. The molecule has 0 bridgehead atoms. The molecular formula is C30H58O4. The summed E-state index contributed by atoms with van der Waals surface area (Å²) < 4.78 is 11.1. The van der Waals surface area contributed by atoms with E-state index in [1.807, 2.05) is 13.8 Å². The molecule has 0 aromatic heterocycles. The van der Waals surface area contributed by atoms with E-state index in [1.165, 1.54) is 64.2 Å². The SMILES string of the molecule is CCCCCCCCC(C)OC(=O)CCCCCCCCC(=O)OC(C)CCCCCCCC. The second kappa shape index (κ2) is 25.0. The van der Waals surface area contributed by atoms with Crippen LogP contribution >= 0.6 is 0 Å². The molecule has 0 aromatic carbocycles. The summed E-state index contributed by atoms with van der Waals surface area (Å²) in [5.41, 5.74) is 0. The van der Waals surface area contributed by atoms with E-state index in [1.54, 1.807) is 0 Å². The smallest absolute Gasteiger partial charge is 0.306 e. The van der Waals surface area contributed by atoms with Crippen molar-refractivity contribution in [2.75, 3.05) is 0 Å². The van der Waals surface area contributed by atoms with E-state index < -0.39 is 0 Å². The van der Waals surface area contributed by atoms with Crippen LogP contribution in [0.25, 0.3) is 0 Å². The molecule has 0 fully saturated rings. The molecule has 4 nitrogen and oxygen atoms in total. The van der Waals surface area contributed by atoms with Gasteiger partial charge in [-0.2, -0.15) is 0 Å². The number of carbonyl (C=O) groups is 2. The molecule has 0 spiro atoms. The predicted octanol–water partition coefficient (Wildman–Crippen LogP) is 9.47. The van der Waals surface area contributed by atoms with Gasteiger partial charge < -0.3 is 9.47 Å². The van der Waals surface area contributed by atoms with Crippen molar-refractivity contribution in [2.45, 2.75) is 181 Å². The summed E-state index contributed by atoms with van der Waals surface area (Å²) in [4.78, 5) is 24.0. The average Bonchev–Trinajstić information content (AvgIpc) is 2.80. The van der Waals surface area contributed by atoms with E-state index in [2.05, 4.69) is 13.8 Å². The lowest BCUT2D eigenvalue weighted by Crippen LogP contribution is -2.14. The number of hydrogen-bond donors (Lipinski definition) is 0. The molecule has 0 N–H and O–H groups in total. The van der Waals surface area contributed by atoms with Crippen LogP contribution in [-0.2, 0) is 19.1 Å². The number of rotatable bonds is 25. The van der Waals surface area contributed by atoms with Gasteiger partial charge in [-0.3, -0.25) is 9.59 Å². The molecule has 0 radical (unpaired) electrons. The number of unbranched alkanes of at least 4 members (excludes halogenated alkanes) is 15. The first-order chi connectivity index (χ1) is 16.5. The molecule has 0 aliphatic rings. The van der Waals surface area contributed by atoms with Crippen molar-refractivity contribution in [3.63, 3.8) is 0 Å². The molecule has 0 saturated carbocycles. The highest BCUT2D eigenvalue weighted by molar-refractivity contribution is 5.69. The monoisotopic (exact) mass is 482 g/mol. The van der Waals surface area contributed by atoms with Crippen LogP contribution in [-0.4, -0.2) is 24.1 Å². The van der Waals surface area contributed by atoms with E-state index in [4.69, 9.17) is 9.47 Å². The molecule has 2 atom stereocenters. The van der Waals surface area contributed by atoms with Crippen LogP contribution in [0.5, 0.6) is 0 Å². The molecule has 0 heterocycles. The zero-order chi connectivity index (χ0) is 25.3. The topological polar surface area (TPSA) is 52.6 Å². The summed E-state index contributed by atoms with van der Waals surface area (Å²) >= 11 is 0. The lowest BCUT2D eigenvalue weighted by Gasteiger charge is -2.13. The number of ether oxygens (including phenoxy) is 2. The Morgan fingerprint density at radius 3 is 1.12 bits per heavy atom. The number of carbonyl (C=O) groups excluding carboxylic acids is 2. The first kappa shape index (κ1) is 32.9. The molecule has 202 valence electrons. The summed E-state index contributed by atoms with van der Waals surface area (Å²) in [5.74, 6) is -0.0902. The van der Waals surface area contributed by atoms with Crippen LogP contribution in [0.4, 0.5) is 0 Å². The Morgan fingerprint density at radius 2 is 0.765 bits per heavy atom. The van der Waals surface area contributed by atoms with Crippen LogP contribution < -0.4 is 0 Å². The summed E-state index contributed by atoms with van der Waals surface area (Å²) in [6.45, 7) is 8.51. The second-order valence-electron chi connectivity index (χ2n) is 10.3. The van der Waals surface area contributed by atoms with Gasteiger partial charge in [0.1, 0.15) is 0 Å². The summed E-state index contributed by atoms with van der Waals surface area (Å²) in [6.07, 6.45) is 24.6. The number of esters is 2. The van der Waals surface area contributed by atoms with Crippen molar-refractivity contribution in [3.05, 3.63) is 0 Å². The molecule has 34 heavy (non-hydrogen) atoms. The molecule has 0 aliphatic carbocycles. The van der Waals surface area contributed by atoms with E-state index in [-0.39, 0.29) is 24.1 Å². The summed E-state index contributed by atoms with van der Waals surface area (Å²) in [6, 6.07) is 0. The van der Waals surface area contributed by atoms with Gasteiger partial charge in [-0.1, -0.05) is 104 Å². The van der Waals surface area contributed by atoms with Crippen molar-refractivity contribution in [3.8, 4) is 0 Å². The quantitative estimate of drug-likeness (QED) is 0.0960. The largest absolute Gasteiger partial charge is 0.463 e. The van der Waals surface area contributed by atoms with Gasteiger partial charge in [-0.05, 0) is 52.4 Å². The first-order valence-electron chi connectivity index (χ1n) is 14.9. The Hall–Kier alpha value is -1.06. The fraction of sp³-hybridized carbons (Fsp3) is 0.933. The van der Waals surface area contributed by atoms with Crippen molar-refractivity contribution in [2.24, 2.45) is 0 Å². The third-order valence-electron chi connectivity index (χ3n) is 6.61. The maximum atomic E-state index is 12.0. The Labute approximate surface area is 212 Å². The highest BCUT2D eigenvalue weighted by Gasteiger charge is 2.10. The van der Waals surface area contributed by atoms with Crippen LogP contribution in [0.15, 0.2) is 0 Å². The lowest BCUT2D eigenvalue weighted by molar-refractivity contribution is -0.149. The van der Waals surface area contributed by atoms with Gasteiger partial charge in [-0.25, -0.2) is 0 Å². The standard InChI is InChI=1S/C30H58O4/c1-5-7-9-11-15-19-23-27(3)33-29(31)25-21-17-13-14-18-22-26-30(32)34-28(4)24-20-16-12-10-8-6-2/h27-28H,5-26H2,1-4H3. The minimum Gasteiger partial charge on any atom is -0.463 e. The maximum Gasteiger partial charge on any atom is 0.306 e. The van der Waals surface area contributed by atoms with E-state index in [0.29, 0.717) is 12.8 Å². The van der Waals surface area contributed by atoms with Gasteiger partial charge in [0.05, 0.1) is 12.2 Å². The van der Waals surface area contributed by atoms with E-state index in [9.17, 15) is 9.59 Å². The van der Waals surface area contributed by atoms with E-state index >= 15 is 0 Å². The third-order valence-corrected chi connectivity index (χ3v) is 6.61. The second-order valence-corrected chi connectivity index (χ2v) is 10.3. The predicted molar refractivity (Wildman–Crippen MR) is 144 cm³/mol. The molecule has 0 rings (SSSR count). The van der Waals surface area contributed by atoms with Gasteiger partial charge in [0.25, 0.3) is 0 Å². The fourth-order valence-electron chi connectivity index (χ4n) is 4.35. The molecule has 0 aliphatic heterocycles. The average molecular weight is 483 g/mol. The normalized spacial score (nSPS) is 12.9. The van der Waals surface area contributed by atoms with Crippen molar-refractivity contribution in [1.29, 1.82) is 0 Å². The van der Waals surface area contributed by atoms with Crippen LogP contribution in [0, 0.1) is 0 Å².